The van der Waals surface area contributed by atoms with Gasteiger partial charge < -0.3 is 14.6 Å². The van der Waals surface area contributed by atoms with Gasteiger partial charge in [-0.1, -0.05) is 26.0 Å². The first kappa shape index (κ1) is 14.5. The van der Waals surface area contributed by atoms with Crippen molar-refractivity contribution in [1.29, 1.82) is 0 Å². The van der Waals surface area contributed by atoms with Gasteiger partial charge in [0.25, 0.3) is 0 Å². The second-order valence-corrected chi connectivity index (χ2v) is 4.87. The van der Waals surface area contributed by atoms with E-state index in [0.29, 0.717) is 6.61 Å². The van der Waals surface area contributed by atoms with E-state index >= 15 is 0 Å². The van der Waals surface area contributed by atoms with Crippen molar-refractivity contribution in [1.82, 2.24) is 0 Å². The Balaban J connectivity index is 3.25. The number of hydrogen-bond acceptors (Lipinski definition) is 3. The predicted molar refractivity (Wildman–Crippen MR) is 69.0 cm³/mol. The number of benzene rings is 1. The highest BCUT2D eigenvalue weighted by Gasteiger charge is 2.27. The van der Waals surface area contributed by atoms with E-state index in [4.69, 9.17) is 14.6 Å². The van der Waals surface area contributed by atoms with Gasteiger partial charge in [-0.15, -0.1) is 0 Å². The van der Waals surface area contributed by atoms with Crippen LogP contribution < -0.4 is 4.74 Å². The molecule has 0 spiro atoms. The maximum absolute atomic E-state index is 10.9. The van der Waals surface area contributed by atoms with Crippen molar-refractivity contribution in [3.8, 4) is 5.75 Å². The first-order valence-corrected chi connectivity index (χ1v) is 5.79. The first-order valence-electron chi connectivity index (χ1n) is 5.79. The molecule has 0 amide bonds. The Kier molecular flexibility index (Phi) is 4.73. The third kappa shape index (κ3) is 3.23. The summed E-state index contributed by atoms with van der Waals surface area (Å²) in [5, 5.41) is 9.00. The Morgan fingerprint density at radius 2 is 2.00 bits per heavy atom. The summed E-state index contributed by atoms with van der Waals surface area (Å²) in [7, 11) is 3.21. The van der Waals surface area contributed by atoms with Crippen molar-refractivity contribution in [3.63, 3.8) is 0 Å². The minimum atomic E-state index is -0.814. The number of ether oxygens (including phenoxy) is 2. The number of rotatable bonds is 6. The Bertz CT molecular complexity index is 424. The van der Waals surface area contributed by atoms with Crippen molar-refractivity contribution >= 4 is 5.97 Å². The van der Waals surface area contributed by atoms with E-state index in [-0.39, 0.29) is 6.42 Å². The third-order valence-electron chi connectivity index (χ3n) is 2.96. The van der Waals surface area contributed by atoms with Crippen LogP contribution in [0.3, 0.4) is 0 Å². The molecule has 1 aromatic rings. The van der Waals surface area contributed by atoms with Crippen LogP contribution in [0.25, 0.3) is 0 Å². The Morgan fingerprint density at radius 3 is 2.50 bits per heavy atom. The monoisotopic (exact) mass is 252 g/mol. The zero-order chi connectivity index (χ0) is 13.8. The summed E-state index contributed by atoms with van der Waals surface area (Å²) in [6.07, 6.45) is 0.0664. The van der Waals surface area contributed by atoms with Crippen LogP contribution in [0.5, 0.6) is 5.75 Å². The third-order valence-corrected chi connectivity index (χ3v) is 2.96. The summed E-state index contributed by atoms with van der Waals surface area (Å²) in [5.74, 6) is -0.0843. The lowest BCUT2D eigenvalue weighted by Gasteiger charge is -2.27. The van der Waals surface area contributed by atoms with E-state index in [1.54, 1.807) is 14.2 Å². The fourth-order valence-electron chi connectivity index (χ4n) is 2.16. The van der Waals surface area contributed by atoms with Gasteiger partial charge in [0, 0.05) is 18.1 Å². The van der Waals surface area contributed by atoms with Gasteiger partial charge in [-0.25, -0.2) is 0 Å². The second kappa shape index (κ2) is 5.87. The lowest BCUT2D eigenvalue weighted by molar-refractivity contribution is -0.138. The molecule has 0 atom stereocenters. The molecule has 1 aromatic carbocycles. The Labute approximate surface area is 108 Å². The molecule has 4 heteroatoms. The molecule has 1 N–H and O–H groups in total. The first-order chi connectivity index (χ1) is 8.42. The summed E-state index contributed by atoms with van der Waals surface area (Å²) in [4.78, 5) is 10.9. The van der Waals surface area contributed by atoms with Gasteiger partial charge in [-0.05, 0) is 11.6 Å². The van der Waals surface area contributed by atoms with Gasteiger partial charge in [0.05, 0.1) is 20.1 Å². The number of methoxy groups -OCH3 is 2. The minimum Gasteiger partial charge on any atom is -0.496 e. The molecule has 0 saturated carbocycles. The molecule has 0 unspecified atom stereocenters. The molecule has 0 aromatic heterocycles. The minimum absolute atomic E-state index is 0.0664. The number of carboxylic acids is 1. The molecular formula is C14H20O4. The van der Waals surface area contributed by atoms with Crippen LogP contribution in [0.15, 0.2) is 18.2 Å². The summed E-state index contributed by atoms with van der Waals surface area (Å²) >= 11 is 0. The normalized spacial score (nSPS) is 11.3. The van der Waals surface area contributed by atoms with Crippen molar-refractivity contribution in [2.45, 2.75) is 32.3 Å². The molecule has 0 aliphatic rings. The largest absolute Gasteiger partial charge is 0.496 e. The van der Waals surface area contributed by atoms with Crippen molar-refractivity contribution in [2.24, 2.45) is 0 Å². The van der Waals surface area contributed by atoms with E-state index in [9.17, 15) is 4.79 Å². The zero-order valence-electron chi connectivity index (χ0n) is 11.3. The maximum Gasteiger partial charge on any atom is 0.304 e. The van der Waals surface area contributed by atoms with Crippen LogP contribution in [0, 0.1) is 0 Å². The van der Waals surface area contributed by atoms with E-state index in [2.05, 4.69) is 0 Å². The molecule has 0 aliphatic heterocycles. The fourth-order valence-corrected chi connectivity index (χ4v) is 2.16. The zero-order valence-corrected chi connectivity index (χ0v) is 11.3. The molecular weight excluding hydrogens is 232 g/mol. The maximum atomic E-state index is 10.9. The molecule has 4 nitrogen and oxygen atoms in total. The van der Waals surface area contributed by atoms with Crippen LogP contribution in [-0.2, 0) is 21.6 Å². The average molecular weight is 252 g/mol. The Morgan fingerprint density at radius 1 is 1.33 bits per heavy atom. The number of aliphatic carboxylic acids is 1. The molecule has 0 saturated heterocycles. The van der Waals surface area contributed by atoms with Crippen LogP contribution in [0.4, 0.5) is 0 Å². The topological polar surface area (TPSA) is 55.8 Å². The molecule has 100 valence electrons. The van der Waals surface area contributed by atoms with Gasteiger partial charge in [0.15, 0.2) is 0 Å². The molecule has 0 fully saturated rings. The molecule has 18 heavy (non-hydrogen) atoms. The van der Waals surface area contributed by atoms with E-state index in [1.165, 1.54) is 0 Å². The highest BCUT2D eigenvalue weighted by Crippen LogP contribution is 2.34. The van der Waals surface area contributed by atoms with Crippen LogP contribution in [0.1, 0.15) is 31.4 Å². The fraction of sp³-hybridized carbons (Fsp3) is 0.500. The molecule has 0 heterocycles. The van der Waals surface area contributed by atoms with Crippen LogP contribution in [-0.4, -0.2) is 25.3 Å². The average Bonchev–Trinajstić information content (AvgIpc) is 2.27. The summed E-state index contributed by atoms with van der Waals surface area (Å²) in [5.41, 5.74) is 1.40. The smallest absolute Gasteiger partial charge is 0.304 e. The number of hydrogen-bond donors (Lipinski definition) is 1. The number of carbonyl (C=O) groups is 1. The van der Waals surface area contributed by atoms with Crippen molar-refractivity contribution in [3.05, 3.63) is 29.3 Å². The molecule has 0 radical (unpaired) electrons. The van der Waals surface area contributed by atoms with E-state index < -0.39 is 11.4 Å². The van der Waals surface area contributed by atoms with Gasteiger partial charge in [0.2, 0.25) is 0 Å². The summed E-state index contributed by atoms with van der Waals surface area (Å²) < 4.78 is 10.5. The highest BCUT2D eigenvalue weighted by molar-refractivity contribution is 5.69. The van der Waals surface area contributed by atoms with Crippen LogP contribution >= 0.6 is 0 Å². The summed E-state index contributed by atoms with van der Waals surface area (Å²) in [6.45, 7) is 4.23. The van der Waals surface area contributed by atoms with Gasteiger partial charge in [0.1, 0.15) is 5.75 Å². The standard InChI is InChI=1S/C14H20O4/c1-14(2,8-13(15)16)11-6-5-7-12(18-4)10(11)9-17-3/h5-7H,8-9H2,1-4H3,(H,15,16). The van der Waals surface area contributed by atoms with Crippen LogP contribution in [0.2, 0.25) is 0 Å². The van der Waals surface area contributed by atoms with Gasteiger partial charge >= 0.3 is 5.97 Å². The molecule has 1 rings (SSSR count). The number of carboxylic acid groups (broad SMARTS) is 1. The lowest BCUT2D eigenvalue weighted by atomic mass is 9.79. The van der Waals surface area contributed by atoms with E-state index in [0.717, 1.165) is 16.9 Å². The quantitative estimate of drug-likeness (QED) is 0.845. The Hall–Kier alpha value is -1.55. The lowest BCUT2D eigenvalue weighted by Crippen LogP contribution is -2.23. The van der Waals surface area contributed by atoms with Crippen molar-refractivity contribution in [2.75, 3.05) is 14.2 Å². The van der Waals surface area contributed by atoms with E-state index in [1.807, 2.05) is 32.0 Å². The van der Waals surface area contributed by atoms with Gasteiger partial charge in [-0.3, -0.25) is 4.79 Å². The SMILES string of the molecule is COCc1c(OC)cccc1C(C)(C)CC(=O)O. The molecule has 0 bridgehead atoms. The molecule has 0 aliphatic carbocycles. The predicted octanol–water partition coefficient (Wildman–Crippen LogP) is 2.59. The second-order valence-electron chi connectivity index (χ2n) is 4.87. The van der Waals surface area contributed by atoms with Gasteiger partial charge in [-0.2, -0.15) is 0 Å². The van der Waals surface area contributed by atoms with Crippen molar-refractivity contribution < 1.29 is 19.4 Å². The summed E-state index contributed by atoms with van der Waals surface area (Å²) in [6, 6.07) is 5.66. The highest BCUT2D eigenvalue weighted by atomic mass is 16.5.